The van der Waals surface area contributed by atoms with Crippen molar-refractivity contribution >= 4 is 16.5 Å². The molecule has 3 nitrogen and oxygen atoms in total. The smallest absolute Gasteiger partial charge is 0.130 e. The topological polar surface area (TPSA) is 37.8 Å². The highest BCUT2D eigenvalue weighted by atomic mass is 32.1. The van der Waals surface area contributed by atoms with E-state index in [0.29, 0.717) is 0 Å². The average molecular weight is 211 g/mol. The molecule has 0 spiro atoms. The van der Waals surface area contributed by atoms with Gasteiger partial charge in [-0.1, -0.05) is 24.3 Å². The van der Waals surface area contributed by atoms with Gasteiger partial charge in [0.1, 0.15) is 5.00 Å². The lowest BCUT2D eigenvalue weighted by atomic mass is 9.82. The first-order valence-electron chi connectivity index (χ1n) is 5.36. The summed E-state index contributed by atoms with van der Waals surface area (Å²) >= 11 is 1.44. The maximum Gasteiger partial charge on any atom is 0.130 e. The fourth-order valence-corrected chi connectivity index (χ4v) is 2.66. The second-order valence-electron chi connectivity index (χ2n) is 4.30. The van der Waals surface area contributed by atoms with Crippen molar-refractivity contribution < 1.29 is 0 Å². The van der Waals surface area contributed by atoms with Gasteiger partial charge in [-0.2, -0.15) is 0 Å². The van der Waals surface area contributed by atoms with Gasteiger partial charge in [0.05, 0.1) is 6.20 Å². The van der Waals surface area contributed by atoms with E-state index in [-0.39, 0.29) is 0 Å². The quantitative estimate of drug-likeness (QED) is 0.835. The molecule has 0 aliphatic heterocycles. The molecule has 1 aromatic rings. The van der Waals surface area contributed by atoms with E-state index in [9.17, 15) is 0 Å². The van der Waals surface area contributed by atoms with Crippen molar-refractivity contribution in [3.05, 3.63) is 6.20 Å². The van der Waals surface area contributed by atoms with E-state index in [4.69, 9.17) is 0 Å². The Morgan fingerprint density at radius 3 is 3.21 bits per heavy atom. The summed E-state index contributed by atoms with van der Waals surface area (Å²) in [6.07, 6.45) is 7.37. The Balaban J connectivity index is 1.75. The van der Waals surface area contributed by atoms with E-state index in [1.54, 1.807) is 6.20 Å². The Hall–Kier alpha value is -0.640. The predicted octanol–water partition coefficient (Wildman–Crippen LogP) is 2.78. The summed E-state index contributed by atoms with van der Waals surface area (Å²) in [6.45, 7) is 3.45. The van der Waals surface area contributed by atoms with Crippen molar-refractivity contribution in [2.45, 2.75) is 32.6 Å². The van der Waals surface area contributed by atoms with Gasteiger partial charge >= 0.3 is 0 Å². The maximum absolute atomic E-state index is 3.83. The molecule has 0 amide bonds. The van der Waals surface area contributed by atoms with E-state index in [2.05, 4.69) is 21.8 Å². The van der Waals surface area contributed by atoms with Crippen LogP contribution in [0.5, 0.6) is 0 Å². The van der Waals surface area contributed by atoms with Crippen LogP contribution in [0.3, 0.4) is 0 Å². The summed E-state index contributed by atoms with van der Waals surface area (Å²) in [7, 11) is 0. The van der Waals surface area contributed by atoms with Crippen LogP contribution in [0, 0.1) is 11.8 Å². The lowest BCUT2D eigenvalue weighted by molar-refractivity contribution is 0.293. The number of hydrogen-bond donors (Lipinski definition) is 1. The standard InChI is InChI=1S/C10H17N3S/c1-8-3-2-4-9(5-8)6-11-10-7-12-13-14-10/h7-9,11H,2-6H2,1H3. The Kier molecular flexibility index (Phi) is 3.35. The second-order valence-corrected chi connectivity index (χ2v) is 5.09. The van der Waals surface area contributed by atoms with Crippen LogP contribution >= 0.6 is 11.5 Å². The second kappa shape index (κ2) is 4.73. The average Bonchev–Trinajstić information content (AvgIpc) is 2.67. The highest BCUT2D eigenvalue weighted by molar-refractivity contribution is 7.09. The molecule has 4 heteroatoms. The third kappa shape index (κ3) is 2.67. The third-order valence-electron chi connectivity index (χ3n) is 2.97. The van der Waals surface area contributed by atoms with Crippen molar-refractivity contribution in [2.24, 2.45) is 11.8 Å². The predicted molar refractivity (Wildman–Crippen MR) is 59.5 cm³/mol. The van der Waals surface area contributed by atoms with Crippen LogP contribution in [-0.2, 0) is 0 Å². The zero-order valence-corrected chi connectivity index (χ0v) is 9.39. The zero-order chi connectivity index (χ0) is 9.80. The molecular formula is C10H17N3S. The van der Waals surface area contributed by atoms with Crippen LogP contribution in [0.15, 0.2) is 6.20 Å². The summed E-state index contributed by atoms with van der Waals surface area (Å²) < 4.78 is 3.83. The summed E-state index contributed by atoms with van der Waals surface area (Å²) in [5.41, 5.74) is 0. The number of hydrogen-bond acceptors (Lipinski definition) is 4. The van der Waals surface area contributed by atoms with Gasteiger partial charge < -0.3 is 5.32 Å². The fourth-order valence-electron chi connectivity index (χ4n) is 2.24. The summed E-state index contributed by atoms with van der Waals surface area (Å²) in [6, 6.07) is 0. The fraction of sp³-hybridized carbons (Fsp3) is 0.800. The van der Waals surface area contributed by atoms with Crippen molar-refractivity contribution in [2.75, 3.05) is 11.9 Å². The monoisotopic (exact) mass is 211 g/mol. The van der Waals surface area contributed by atoms with Gasteiger partial charge in [-0.15, -0.1) is 5.10 Å². The molecule has 78 valence electrons. The first-order valence-corrected chi connectivity index (χ1v) is 6.13. The Labute approximate surface area is 89.1 Å². The van der Waals surface area contributed by atoms with Crippen molar-refractivity contribution in [3.8, 4) is 0 Å². The molecule has 1 fully saturated rings. The zero-order valence-electron chi connectivity index (χ0n) is 8.57. The number of nitrogens with one attached hydrogen (secondary N) is 1. The van der Waals surface area contributed by atoms with Gasteiger partial charge in [0.15, 0.2) is 0 Å². The summed E-state index contributed by atoms with van der Waals surface area (Å²) in [5, 5.41) is 8.32. The van der Waals surface area contributed by atoms with E-state index in [1.807, 2.05) is 0 Å². The van der Waals surface area contributed by atoms with Gasteiger partial charge in [-0.25, -0.2) is 0 Å². The van der Waals surface area contributed by atoms with E-state index in [1.165, 1.54) is 37.2 Å². The van der Waals surface area contributed by atoms with E-state index < -0.39 is 0 Å². The van der Waals surface area contributed by atoms with Gasteiger partial charge in [0, 0.05) is 18.1 Å². The molecule has 1 aromatic heterocycles. The molecule has 1 N–H and O–H groups in total. The lowest BCUT2D eigenvalue weighted by Gasteiger charge is -2.26. The molecule has 0 bridgehead atoms. The molecule has 1 saturated carbocycles. The minimum absolute atomic E-state index is 0.848. The highest BCUT2D eigenvalue weighted by Gasteiger charge is 2.18. The Morgan fingerprint density at radius 1 is 1.57 bits per heavy atom. The van der Waals surface area contributed by atoms with Crippen LogP contribution in [0.2, 0.25) is 0 Å². The minimum Gasteiger partial charge on any atom is -0.374 e. The van der Waals surface area contributed by atoms with E-state index >= 15 is 0 Å². The first-order chi connectivity index (χ1) is 6.84. The number of aromatic nitrogens is 2. The van der Waals surface area contributed by atoms with Crippen LogP contribution in [0.1, 0.15) is 32.6 Å². The summed E-state index contributed by atoms with van der Waals surface area (Å²) in [5.74, 6) is 1.76. The lowest BCUT2D eigenvalue weighted by Crippen LogP contribution is -2.20. The van der Waals surface area contributed by atoms with Crippen molar-refractivity contribution in [1.29, 1.82) is 0 Å². The van der Waals surface area contributed by atoms with Gasteiger partial charge in [0.25, 0.3) is 0 Å². The molecule has 2 rings (SSSR count). The van der Waals surface area contributed by atoms with Crippen molar-refractivity contribution in [1.82, 2.24) is 9.59 Å². The molecule has 1 aliphatic carbocycles. The molecule has 2 atom stereocenters. The summed E-state index contributed by atoms with van der Waals surface area (Å²) in [4.78, 5) is 0. The van der Waals surface area contributed by atoms with Crippen LogP contribution < -0.4 is 5.32 Å². The molecule has 14 heavy (non-hydrogen) atoms. The normalized spacial score (nSPS) is 27.5. The van der Waals surface area contributed by atoms with Gasteiger partial charge in [0.2, 0.25) is 0 Å². The highest BCUT2D eigenvalue weighted by Crippen LogP contribution is 2.28. The molecule has 2 unspecified atom stereocenters. The van der Waals surface area contributed by atoms with Crippen LogP contribution in [0.4, 0.5) is 5.00 Å². The molecular weight excluding hydrogens is 194 g/mol. The SMILES string of the molecule is CC1CCCC(CNc2cnns2)C1. The first kappa shape index (κ1) is 9.90. The largest absolute Gasteiger partial charge is 0.374 e. The molecule has 0 saturated heterocycles. The molecule has 1 heterocycles. The molecule has 0 aromatic carbocycles. The maximum atomic E-state index is 3.83. The number of anilines is 1. The third-order valence-corrected chi connectivity index (χ3v) is 3.59. The molecule has 1 aliphatic rings. The molecule has 0 radical (unpaired) electrons. The Morgan fingerprint density at radius 2 is 2.50 bits per heavy atom. The van der Waals surface area contributed by atoms with Crippen LogP contribution in [0.25, 0.3) is 0 Å². The van der Waals surface area contributed by atoms with Crippen LogP contribution in [-0.4, -0.2) is 16.1 Å². The van der Waals surface area contributed by atoms with E-state index in [0.717, 1.165) is 23.4 Å². The minimum atomic E-state index is 0.848. The van der Waals surface area contributed by atoms with Gasteiger partial charge in [-0.3, -0.25) is 0 Å². The van der Waals surface area contributed by atoms with Gasteiger partial charge in [-0.05, 0) is 24.7 Å². The Bertz CT molecular complexity index is 260. The number of nitrogens with zero attached hydrogens (tertiary/aromatic N) is 2. The number of rotatable bonds is 3. The van der Waals surface area contributed by atoms with Crippen molar-refractivity contribution in [3.63, 3.8) is 0 Å².